The van der Waals surface area contributed by atoms with E-state index in [2.05, 4.69) is 15.5 Å². The van der Waals surface area contributed by atoms with Crippen molar-refractivity contribution in [2.24, 2.45) is 5.73 Å². The fourth-order valence-corrected chi connectivity index (χ4v) is 2.90. The lowest BCUT2D eigenvalue weighted by atomic mass is 9.98. The monoisotopic (exact) mass is 354 g/mol. The number of primary amides is 1. The van der Waals surface area contributed by atoms with Gasteiger partial charge in [0.05, 0.1) is 12.5 Å². The van der Waals surface area contributed by atoms with E-state index in [4.69, 9.17) is 5.73 Å². The smallest absolute Gasteiger partial charge is 0.312 e. The number of urea groups is 1. The van der Waals surface area contributed by atoms with Crippen LogP contribution in [-0.2, 0) is 11.3 Å². The number of carbonyl (C=O) groups excluding carboxylic acids is 2. The SMILES string of the molecule is Cc1ccccc1C(CC(=O)Nc1cccc(CN(C)C)c1)NC(N)=O. The van der Waals surface area contributed by atoms with Gasteiger partial charge >= 0.3 is 6.03 Å². The van der Waals surface area contributed by atoms with E-state index in [1.807, 2.05) is 69.6 Å². The van der Waals surface area contributed by atoms with Crippen LogP contribution in [0.15, 0.2) is 48.5 Å². The minimum absolute atomic E-state index is 0.103. The van der Waals surface area contributed by atoms with Gasteiger partial charge in [-0.1, -0.05) is 36.4 Å². The maximum atomic E-state index is 12.5. The Bertz CT molecular complexity index is 774. The number of nitrogens with one attached hydrogen (secondary N) is 2. The molecule has 0 saturated heterocycles. The number of hydrogen-bond acceptors (Lipinski definition) is 3. The number of anilines is 1. The third-order valence-corrected chi connectivity index (χ3v) is 3.98. The van der Waals surface area contributed by atoms with E-state index in [1.54, 1.807) is 0 Å². The minimum Gasteiger partial charge on any atom is -0.352 e. The summed E-state index contributed by atoms with van der Waals surface area (Å²) >= 11 is 0. The van der Waals surface area contributed by atoms with Crippen LogP contribution < -0.4 is 16.4 Å². The summed E-state index contributed by atoms with van der Waals surface area (Å²) in [6, 6.07) is 14.2. The second kappa shape index (κ2) is 9.01. The summed E-state index contributed by atoms with van der Waals surface area (Å²) in [7, 11) is 3.99. The van der Waals surface area contributed by atoms with Crippen LogP contribution in [0.3, 0.4) is 0 Å². The number of aryl methyl sites for hydroxylation is 1. The summed E-state index contributed by atoms with van der Waals surface area (Å²) in [5.74, 6) is -0.186. The van der Waals surface area contributed by atoms with E-state index in [9.17, 15) is 9.59 Å². The molecule has 3 amide bonds. The standard InChI is InChI=1S/C20H26N4O2/c1-14-7-4-5-10-17(14)18(23-20(21)26)12-19(25)22-16-9-6-8-15(11-16)13-24(2)3/h4-11,18H,12-13H2,1-3H3,(H,22,25)(H3,21,23,26). The summed E-state index contributed by atoms with van der Waals surface area (Å²) in [6.45, 7) is 2.73. The molecule has 0 fully saturated rings. The van der Waals surface area contributed by atoms with Gasteiger partial charge in [0.15, 0.2) is 0 Å². The maximum Gasteiger partial charge on any atom is 0.312 e. The van der Waals surface area contributed by atoms with Crippen LogP contribution in [0.4, 0.5) is 10.5 Å². The molecule has 1 unspecified atom stereocenters. The number of nitrogens with zero attached hydrogens (tertiary/aromatic N) is 1. The molecular formula is C20H26N4O2. The molecule has 0 aliphatic carbocycles. The molecule has 2 aromatic carbocycles. The van der Waals surface area contributed by atoms with Crippen molar-refractivity contribution in [1.29, 1.82) is 0 Å². The highest BCUT2D eigenvalue weighted by Crippen LogP contribution is 2.21. The van der Waals surface area contributed by atoms with Crippen LogP contribution in [0.2, 0.25) is 0 Å². The van der Waals surface area contributed by atoms with E-state index in [0.29, 0.717) is 0 Å². The van der Waals surface area contributed by atoms with Crippen molar-refractivity contribution < 1.29 is 9.59 Å². The molecule has 138 valence electrons. The average molecular weight is 354 g/mol. The molecule has 2 rings (SSSR count). The van der Waals surface area contributed by atoms with Gasteiger partial charge in [-0.25, -0.2) is 4.79 Å². The Morgan fingerprint density at radius 2 is 1.85 bits per heavy atom. The highest BCUT2D eigenvalue weighted by molar-refractivity contribution is 5.91. The number of carbonyl (C=O) groups is 2. The van der Waals surface area contributed by atoms with Crippen molar-refractivity contribution in [3.63, 3.8) is 0 Å². The van der Waals surface area contributed by atoms with Gasteiger partial charge < -0.3 is 21.3 Å². The molecule has 26 heavy (non-hydrogen) atoms. The molecule has 0 aromatic heterocycles. The van der Waals surface area contributed by atoms with Crippen LogP contribution in [0.1, 0.15) is 29.2 Å². The van der Waals surface area contributed by atoms with Crippen molar-refractivity contribution >= 4 is 17.6 Å². The van der Waals surface area contributed by atoms with Gasteiger partial charge in [-0.3, -0.25) is 4.79 Å². The first-order valence-electron chi connectivity index (χ1n) is 8.50. The molecule has 1 atom stereocenters. The molecular weight excluding hydrogens is 328 g/mol. The molecule has 0 saturated carbocycles. The molecule has 0 spiro atoms. The van der Waals surface area contributed by atoms with E-state index in [1.165, 1.54) is 0 Å². The Hall–Kier alpha value is -2.86. The molecule has 0 heterocycles. The number of nitrogens with two attached hydrogens (primary N) is 1. The van der Waals surface area contributed by atoms with Crippen LogP contribution in [0.25, 0.3) is 0 Å². The summed E-state index contributed by atoms with van der Waals surface area (Å²) in [4.78, 5) is 25.9. The van der Waals surface area contributed by atoms with Gasteiger partial charge in [-0.15, -0.1) is 0 Å². The van der Waals surface area contributed by atoms with Gasteiger partial charge in [0.2, 0.25) is 5.91 Å². The third-order valence-electron chi connectivity index (χ3n) is 3.98. The zero-order chi connectivity index (χ0) is 19.1. The highest BCUT2D eigenvalue weighted by Gasteiger charge is 2.19. The van der Waals surface area contributed by atoms with Crippen molar-refractivity contribution in [1.82, 2.24) is 10.2 Å². The lowest BCUT2D eigenvalue weighted by Crippen LogP contribution is -2.35. The predicted octanol–water partition coefficient (Wildman–Crippen LogP) is 2.79. The fraction of sp³-hybridized carbons (Fsp3) is 0.300. The fourth-order valence-electron chi connectivity index (χ4n) is 2.90. The second-order valence-corrected chi connectivity index (χ2v) is 6.61. The van der Waals surface area contributed by atoms with Crippen LogP contribution >= 0.6 is 0 Å². The van der Waals surface area contributed by atoms with Crippen molar-refractivity contribution in [3.8, 4) is 0 Å². The molecule has 0 aliphatic heterocycles. The lowest BCUT2D eigenvalue weighted by molar-refractivity contribution is -0.116. The topological polar surface area (TPSA) is 87.5 Å². The van der Waals surface area contributed by atoms with Gasteiger partial charge in [0.25, 0.3) is 0 Å². The Kier molecular flexibility index (Phi) is 6.74. The number of rotatable bonds is 7. The Balaban J connectivity index is 2.10. The number of benzene rings is 2. The molecule has 2 aromatic rings. The van der Waals surface area contributed by atoms with Crippen molar-refractivity contribution in [3.05, 3.63) is 65.2 Å². The maximum absolute atomic E-state index is 12.5. The van der Waals surface area contributed by atoms with Crippen LogP contribution in [-0.4, -0.2) is 30.9 Å². The first-order valence-corrected chi connectivity index (χ1v) is 8.50. The van der Waals surface area contributed by atoms with Gasteiger partial charge in [-0.2, -0.15) is 0 Å². The van der Waals surface area contributed by atoms with Crippen LogP contribution in [0.5, 0.6) is 0 Å². The summed E-state index contributed by atoms with van der Waals surface area (Å²) < 4.78 is 0. The minimum atomic E-state index is -0.654. The van der Waals surface area contributed by atoms with Gasteiger partial charge in [0.1, 0.15) is 0 Å². The summed E-state index contributed by atoms with van der Waals surface area (Å²) in [5.41, 5.74) is 9.00. The van der Waals surface area contributed by atoms with E-state index >= 15 is 0 Å². The predicted molar refractivity (Wildman–Crippen MR) is 104 cm³/mol. The zero-order valence-corrected chi connectivity index (χ0v) is 15.5. The van der Waals surface area contributed by atoms with Gasteiger partial charge in [0, 0.05) is 12.2 Å². The molecule has 4 N–H and O–H groups in total. The zero-order valence-electron chi connectivity index (χ0n) is 15.5. The van der Waals surface area contributed by atoms with E-state index in [-0.39, 0.29) is 12.3 Å². The molecule has 0 bridgehead atoms. The molecule has 6 nitrogen and oxygen atoms in total. The highest BCUT2D eigenvalue weighted by atomic mass is 16.2. The van der Waals surface area contributed by atoms with Crippen LogP contribution in [0, 0.1) is 6.92 Å². The number of amides is 3. The normalized spacial score (nSPS) is 11.8. The first-order chi connectivity index (χ1) is 12.3. The molecule has 0 radical (unpaired) electrons. The lowest BCUT2D eigenvalue weighted by Gasteiger charge is -2.20. The van der Waals surface area contributed by atoms with Crippen molar-refractivity contribution in [2.45, 2.75) is 25.9 Å². The largest absolute Gasteiger partial charge is 0.352 e. The second-order valence-electron chi connectivity index (χ2n) is 6.61. The van der Waals surface area contributed by atoms with Gasteiger partial charge in [-0.05, 0) is 49.8 Å². The Labute approximate surface area is 154 Å². The summed E-state index contributed by atoms with van der Waals surface area (Å²) in [6.07, 6.45) is 0.103. The Morgan fingerprint density at radius 1 is 1.12 bits per heavy atom. The van der Waals surface area contributed by atoms with E-state index in [0.717, 1.165) is 28.9 Å². The third kappa shape index (κ3) is 5.89. The van der Waals surface area contributed by atoms with Crippen molar-refractivity contribution in [2.75, 3.05) is 19.4 Å². The quantitative estimate of drug-likeness (QED) is 0.714. The number of hydrogen-bond donors (Lipinski definition) is 3. The first kappa shape index (κ1) is 19.5. The average Bonchev–Trinajstić information content (AvgIpc) is 2.54. The van der Waals surface area contributed by atoms with E-state index < -0.39 is 12.1 Å². The molecule has 0 aliphatic rings. The summed E-state index contributed by atoms with van der Waals surface area (Å²) in [5, 5.41) is 5.56. The Morgan fingerprint density at radius 3 is 2.50 bits per heavy atom. The molecule has 6 heteroatoms.